The van der Waals surface area contributed by atoms with Crippen LogP contribution in [0.4, 0.5) is 4.79 Å². The number of hydrogen-bond acceptors (Lipinski definition) is 7. The fourth-order valence-electron chi connectivity index (χ4n) is 0. The fourth-order valence-corrected chi connectivity index (χ4v) is 0. The molecule has 0 rings (SSSR count). The van der Waals surface area contributed by atoms with E-state index >= 15 is 0 Å². The number of carboxylic acid groups (broad SMARTS) is 2. The summed E-state index contributed by atoms with van der Waals surface area (Å²) in [6.45, 7) is 0. The summed E-state index contributed by atoms with van der Waals surface area (Å²) in [6.07, 6.45) is -2.33. The molecule has 65 valence electrons. The maximum absolute atomic E-state index is 8.55. The summed E-state index contributed by atoms with van der Waals surface area (Å²) in [5, 5.41) is 16.7. The van der Waals surface area contributed by atoms with Gasteiger partial charge in [-0.05, 0) is 6.16 Å². The van der Waals surface area contributed by atoms with Gasteiger partial charge >= 0.3 is 0 Å². The Labute approximate surface area is 65.7 Å². The van der Waals surface area contributed by atoms with Gasteiger partial charge in [-0.1, -0.05) is 0 Å². The summed E-state index contributed by atoms with van der Waals surface area (Å²) in [7, 11) is -5.39. The average Bonchev–Trinajstić information content (AvgIpc) is 1.19. The van der Waals surface area contributed by atoms with Crippen LogP contribution in [0.2, 0.25) is 0 Å². The molecule has 0 saturated heterocycles. The first-order chi connectivity index (χ1) is 3.73. The minimum atomic E-state index is -5.39. The van der Waals surface area contributed by atoms with Gasteiger partial charge in [-0.3, -0.25) is 0 Å². The standard InChI is InChI=1S/CH2O3.Co.H3O4P/c2-1(3)4;;1-5(2,3)4/h(H2,2,3,4);;(H3,1,2,3,4)/p-5. The second-order valence-electron chi connectivity index (χ2n) is 0.697. The van der Waals surface area contributed by atoms with E-state index in [1.807, 2.05) is 0 Å². The zero-order valence-electron chi connectivity index (χ0n) is 4.14. The molecule has 0 heterocycles. The zero-order valence-corrected chi connectivity index (χ0v) is 6.07. The molecule has 0 atom stereocenters. The number of rotatable bonds is 0. The smallest absolute Gasteiger partial charge is 0 e. The van der Waals surface area contributed by atoms with E-state index < -0.39 is 14.0 Å². The first kappa shape index (κ1) is 16.5. The molecule has 0 fully saturated rings. The predicted molar refractivity (Wildman–Crippen MR) is 13.0 cm³/mol. The van der Waals surface area contributed by atoms with E-state index in [1.54, 1.807) is 0 Å². The van der Waals surface area contributed by atoms with Crippen molar-refractivity contribution in [3.8, 4) is 0 Å². The van der Waals surface area contributed by atoms with Crippen LogP contribution in [0.3, 0.4) is 0 Å². The van der Waals surface area contributed by atoms with Gasteiger partial charge in [0, 0.05) is 16.8 Å². The van der Waals surface area contributed by atoms with Gasteiger partial charge in [-0.15, -0.1) is 0 Å². The molecule has 0 aromatic rings. The third-order valence-electron chi connectivity index (χ3n) is 0. The Kier molecular flexibility index (Phi) is 11.5. The molecule has 0 aromatic heterocycles. The van der Waals surface area contributed by atoms with Crippen LogP contribution >= 0.6 is 7.82 Å². The maximum Gasteiger partial charge on any atom is 0 e. The van der Waals surface area contributed by atoms with Crippen LogP contribution in [0, 0.1) is 0 Å². The van der Waals surface area contributed by atoms with Gasteiger partial charge in [0.05, 0.1) is 0 Å². The monoisotopic (exact) mass is 214 g/mol. The van der Waals surface area contributed by atoms with Gasteiger partial charge in [0.1, 0.15) is 0 Å². The average molecular weight is 214 g/mol. The minimum Gasteiger partial charge on any atom is -0.822 e. The fraction of sp³-hybridized carbons (Fsp3) is 0. The Hall–Kier alpha value is -0.114. The van der Waals surface area contributed by atoms with E-state index in [4.69, 9.17) is 34.3 Å². The molecule has 0 N–H and O–H groups in total. The predicted octanol–water partition coefficient (Wildman–Crippen LogP) is -5.27. The Morgan fingerprint density at radius 1 is 1.10 bits per heavy atom. The summed E-state index contributed by atoms with van der Waals surface area (Å²) >= 11 is 0. The molecule has 0 aromatic carbocycles. The van der Waals surface area contributed by atoms with E-state index in [1.165, 1.54) is 0 Å². The van der Waals surface area contributed by atoms with Gasteiger partial charge in [-0.25, -0.2) is 0 Å². The van der Waals surface area contributed by atoms with Crippen molar-refractivity contribution in [3.05, 3.63) is 0 Å². The number of carbonyl (C=O) groups is 1. The van der Waals surface area contributed by atoms with E-state index in [-0.39, 0.29) is 16.8 Å². The van der Waals surface area contributed by atoms with Crippen LogP contribution in [-0.4, -0.2) is 6.16 Å². The molecule has 7 nitrogen and oxygen atoms in total. The quantitative estimate of drug-likeness (QED) is 0.365. The molecule has 0 spiro atoms. The molecular formula is CCoO7P-5. The van der Waals surface area contributed by atoms with Crippen molar-refractivity contribution in [2.75, 3.05) is 0 Å². The van der Waals surface area contributed by atoms with Crippen LogP contribution in [0.15, 0.2) is 0 Å². The van der Waals surface area contributed by atoms with Crippen LogP contribution in [0.5, 0.6) is 0 Å². The molecule has 1 radical (unpaired) electrons. The van der Waals surface area contributed by atoms with Gasteiger partial charge < -0.3 is 34.3 Å². The third-order valence-corrected chi connectivity index (χ3v) is 0. The maximum atomic E-state index is 8.55. The number of hydrogen-bond donors (Lipinski definition) is 0. The molecule has 0 saturated carbocycles. The van der Waals surface area contributed by atoms with Gasteiger partial charge in [0.15, 0.2) is 0 Å². The van der Waals surface area contributed by atoms with Crippen molar-refractivity contribution in [1.82, 2.24) is 0 Å². The topological polar surface area (TPSA) is 149 Å². The van der Waals surface area contributed by atoms with Gasteiger partial charge in [0.2, 0.25) is 0 Å². The van der Waals surface area contributed by atoms with Crippen molar-refractivity contribution in [3.63, 3.8) is 0 Å². The zero-order chi connectivity index (χ0) is 8.08. The first-order valence-electron chi connectivity index (χ1n) is 1.34. The number of phosphoric acid groups is 1. The second-order valence-corrected chi connectivity index (χ2v) is 1.59. The molecule has 0 unspecified atom stereocenters. The van der Waals surface area contributed by atoms with Crippen LogP contribution in [0.25, 0.3) is 0 Å². The minimum absolute atomic E-state index is 0. The summed E-state index contributed by atoms with van der Waals surface area (Å²) in [5.74, 6) is 0. The van der Waals surface area contributed by atoms with E-state index in [0.29, 0.717) is 0 Å². The first-order valence-corrected chi connectivity index (χ1v) is 2.80. The SMILES string of the molecule is O=C([O-])[O-].O=P([O-])([O-])[O-].[Co]. The van der Waals surface area contributed by atoms with Crippen molar-refractivity contribution in [2.45, 2.75) is 0 Å². The summed E-state index contributed by atoms with van der Waals surface area (Å²) in [4.78, 5) is 34.0. The van der Waals surface area contributed by atoms with Crippen LogP contribution < -0.4 is 24.9 Å². The molecule has 10 heavy (non-hydrogen) atoms. The molecule has 0 aliphatic heterocycles. The molecule has 0 amide bonds. The van der Waals surface area contributed by atoms with Crippen molar-refractivity contribution < 1.29 is 51.0 Å². The molecular weight excluding hydrogens is 214 g/mol. The Balaban J connectivity index is -0.0000000910. The van der Waals surface area contributed by atoms with Crippen LogP contribution in [-0.2, 0) is 21.3 Å². The van der Waals surface area contributed by atoms with Gasteiger partial charge in [-0.2, -0.15) is 7.82 Å². The van der Waals surface area contributed by atoms with E-state index in [2.05, 4.69) is 0 Å². The normalized spacial score (nSPS) is 8.30. The second kappa shape index (κ2) is 7.00. The molecule has 9 heteroatoms. The van der Waals surface area contributed by atoms with Crippen molar-refractivity contribution in [1.29, 1.82) is 0 Å². The van der Waals surface area contributed by atoms with Crippen molar-refractivity contribution >= 4 is 14.0 Å². The van der Waals surface area contributed by atoms with E-state index in [0.717, 1.165) is 0 Å². The Morgan fingerprint density at radius 3 is 1.10 bits per heavy atom. The Bertz CT molecular complexity index is 113. The third kappa shape index (κ3) is 29000. The Morgan fingerprint density at radius 2 is 1.10 bits per heavy atom. The molecule has 0 aliphatic carbocycles. The summed E-state index contributed by atoms with van der Waals surface area (Å²) in [6, 6.07) is 0. The van der Waals surface area contributed by atoms with Crippen LogP contribution in [0.1, 0.15) is 0 Å². The molecule has 0 aliphatic rings. The summed E-state index contributed by atoms with van der Waals surface area (Å²) < 4.78 is 8.55. The number of carbonyl (C=O) groups excluding carboxylic acids is 1. The largest absolute Gasteiger partial charge is 0.822 e. The molecule has 0 bridgehead atoms. The van der Waals surface area contributed by atoms with E-state index in [9.17, 15) is 0 Å². The van der Waals surface area contributed by atoms with Gasteiger partial charge in [0.25, 0.3) is 0 Å². The van der Waals surface area contributed by atoms with Crippen molar-refractivity contribution in [2.24, 2.45) is 0 Å². The summed E-state index contributed by atoms with van der Waals surface area (Å²) in [5.41, 5.74) is 0.